The number of hydrogen-bond donors (Lipinski definition) is 1. The maximum absolute atomic E-state index is 5.05. The van der Waals surface area contributed by atoms with E-state index in [2.05, 4.69) is 25.2 Å². The molecule has 3 heteroatoms. The van der Waals surface area contributed by atoms with Gasteiger partial charge in [0.2, 0.25) is 0 Å². The Kier molecular flexibility index (Phi) is 5.90. The Morgan fingerprint density at radius 3 is 2.94 bits per heavy atom. The minimum Gasteiger partial charge on any atom is -0.472 e. The van der Waals surface area contributed by atoms with E-state index >= 15 is 0 Å². The van der Waals surface area contributed by atoms with Crippen LogP contribution in [-0.2, 0) is 4.74 Å². The van der Waals surface area contributed by atoms with E-state index in [4.69, 9.17) is 9.15 Å². The molecule has 0 saturated carbocycles. The highest BCUT2D eigenvalue weighted by Crippen LogP contribution is 2.14. The molecular weight excluding hydrogens is 202 g/mol. The lowest BCUT2D eigenvalue weighted by molar-refractivity contribution is 0.200. The van der Waals surface area contributed by atoms with Crippen LogP contribution in [0.1, 0.15) is 19.4 Å². The van der Waals surface area contributed by atoms with Crippen LogP contribution in [0.2, 0.25) is 0 Å². The number of ether oxygens (including phenoxy) is 1. The summed E-state index contributed by atoms with van der Waals surface area (Å²) in [4.78, 5) is 0. The van der Waals surface area contributed by atoms with E-state index in [1.807, 2.05) is 6.07 Å². The van der Waals surface area contributed by atoms with Gasteiger partial charge in [-0.3, -0.25) is 0 Å². The van der Waals surface area contributed by atoms with Crippen molar-refractivity contribution in [2.75, 3.05) is 26.8 Å². The highest BCUT2D eigenvalue weighted by atomic mass is 16.5. The van der Waals surface area contributed by atoms with Gasteiger partial charge in [0, 0.05) is 25.8 Å². The molecule has 1 heterocycles. The Bertz CT molecular complexity index is 302. The van der Waals surface area contributed by atoms with Crippen LogP contribution in [0, 0.1) is 5.92 Å². The molecule has 1 rings (SSSR count). The fourth-order valence-electron chi connectivity index (χ4n) is 1.40. The monoisotopic (exact) mass is 223 g/mol. The Balaban J connectivity index is 2.48. The van der Waals surface area contributed by atoms with Crippen molar-refractivity contribution in [1.82, 2.24) is 5.32 Å². The average molecular weight is 223 g/mol. The van der Waals surface area contributed by atoms with Crippen LogP contribution in [0.3, 0.4) is 0 Å². The van der Waals surface area contributed by atoms with E-state index < -0.39 is 0 Å². The normalized spacial score (nSPS) is 12.4. The molecule has 90 valence electrons. The first-order valence-electron chi connectivity index (χ1n) is 5.66. The molecule has 1 aromatic rings. The molecule has 0 unspecified atom stereocenters. The Morgan fingerprint density at radius 2 is 2.38 bits per heavy atom. The van der Waals surface area contributed by atoms with E-state index in [-0.39, 0.29) is 0 Å². The van der Waals surface area contributed by atoms with Gasteiger partial charge < -0.3 is 14.5 Å². The fraction of sp³-hybridized carbons (Fsp3) is 0.538. The zero-order valence-corrected chi connectivity index (χ0v) is 10.3. The smallest absolute Gasteiger partial charge is 0.0974 e. The highest BCUT2D eigenvalue weighted by molar-refractivity contribution is 5.52. The molecule has 0 aliphatic rings. The molecule has 0 bridgehead atoms. The lowest BCUT2D eigenvalue weighted by atomic mass is 10.0. The summed E-state index contributed by atoms with van der Waals surface area (Å²) in [6.07, 6.45) is 5.63. The van der Waals surface area contributed by atoms with Crippen molar-refractivity contribution in [3.05, 3.63) is 29.7 Å². The molecule has 1 N–H and O–H groups in total. The van der Waals surface area contributed by atoms with Gasteiger partial charge in [-0.25, -0.2) is 0 Å². The summed E-state index contributed by atoms with van der Waals surface area (Å²) in [5.74, 6) is 0.532. The van der Waals surface area contributed by atoms with E-state index in [1.165, 1.54) is 5.57 Å². The largest absolute Gasteiger partial charge is 0.472 e. The quantitative estimate of drug-likeness (QED) is 0.721. The zero-order valence-electron chi connectivity index (χ0n) is 10.3. The van der Waals surface area contributed by atoms with Gasteiger partial charge >= 0.3 is 0 Å². The molecular formula is C13H21NO2. The molecule has 0 aromatic carbocycles. The summed E-state index contributed by atoms with van der Waals surface area (Å²) < 4.78 is 10.0. The first kappa shape index (κ1) is 13.0. The third kappa shape index (κ3) is 4.64. The molecule has 0 atom stereocenters. The van der Waals surface area contributed by atoms with E-state index in [1.54, 1.807) is 19.6 Å². The van der Waals surface area contributed by atoms with Crippen LogP contribution in [0.25, 0.3) is 6.08 Å². The van der Waals surface area contributed by atoms with Crippen LogP contribution in [0.4, 0.5) is 0 Å². The van der Waals surface area contributed by atoms with Crippen LogP contribution >= 0.6 is 0 Å². The minimum atomic E-state index is 0.532. The second kappa shape index (κ2) is 7.25. The lowest BCUT2D eigenvalue weighted by Crippen LogP contribution is -2.23. The van der Waals surface area contributed by atoms with Crippen molar-refractivity contribution in [2.24, 2.45) is 5.92 Å². The summed E-state index contributed by atoms with van der Waals surface area (Å²) in [7, 11) is 1.71. The Morgan fingerprint density at radius 1 is 1.56 bits per heavy atom. The molecule has 1 aromatic heterocycles. The SMILES string of the molecule is COCCNCC(=Cc1ccoc1)C(C)C. The minimum absolute atomic E-state index is 0.532. The molecule has 0 amide bonds. The second-order valence-corrected chi connectivity index (χ2v) is 4.10. The van der Waals surface area contributed by atoms with Crippen LogP contribution < -0.4 is 5.32 Å². The molecule has 3 nitrogen and oxygen atoms in total. The van der Waals surface area contributed by atoms with Gasteiger partial charge in [-0.2, -0.15) is 0 Å². The van der Waals surface area contributed by atoms with Crippen molar-refractivity contribution >= 4 is 6.08 Å². The summed E-state index contributed by atoms with van der Waals surface area (Å²) in [6, 6.07) is 1.97. The molecule has 0 fully saturated rings. The number of furan rings is 1. The van der Waals surface area contributed by atoms with Crippen LogP contribution in [0.15, 0.2) is 28.6 Å². The maximum Gasteiger partial charge on any atom is 0.0974 e. The lowest BCUT2D eigenvalue weighted by Gasteiger charge is -2.12. The third-order valence-electron chi connectivity index (χ3n) is 2.45. The van der Waals surface area contributed by atoms with Gasteiger partial charge in [0.25, 0.3) is 0 Å². The standard InChI is InChI=1S/C13H21NO2/c1-11(2)13(9-14-5-7-15-3)8-12-4-6-16-10-12/h4,6,8,10-11,14H,5,7,9H2,1-3H3. The third-order valence-corrected chi connectivity index (χ3v) is 2.45. The van der Waals surface area contributed by atoms with Gasteiger partial charge in [-0.05, 0) is 12.0 Å². The van der Waals surface area contributed by atoms with Crippen LogP contribution in [0.5, 0.6) is 0 Å². The van der Waals surface area contributed by atoms with Gasteiger partial charge in [0.05, 0.1) is 19.1 Å². The van der Waals surface area contributed by atoms with Crippen molar-refractivity contribution in [2.45, 2.75) is 13.8 Å². The highest BCUT2D eigenvalue weighted by Gasteiger charge is 2.03. The fourth-order valence-corrected chi connectivity index (χ4v) is 1.40. The maximum atomic E-state index is 5.05. The summed E-state index contributed by atoms with van der Waals surface area (Å²) in [6.45, 7) is 6.92. The summed E-state index contributed by atoms with van der Waals surface area (Å²) in [5, 5.41) is 3.36. The van der Waals surface area contributed by atoms with E-state index in [0.717, 1.165) is 25.3 Å². The van der Waals surface area contributed by atoms with Crippen molar-refractivity contribution in [3.63, 3.8) is 0 Å². The van der Waals surface area contributed by atoms with Crippen molar-refractivity contribution in [3.8, 4) is 0 Å². The molecule has 16 heavy (non-hydrogen) atoms. The topological polar surface area (TPSA) is 34.4 Å². The summed E-state index contributed by atoms with van der Waals surface area (Å²) in [5.41, 5.74) is 2.50. The zero-order chi connectivity index (χ0) is 11.8. The molecule has 0 aliphatic carbocycles. The molecule has 0 spiro atoms. The average Bonchev–Trinajstić information content (AvgIpc) is 2.75. The van der Waals surface area contributed by atoms with Gasteiger partial charge in [-0.1, -0.05) is 25.5 Å². The van der Waals surface area contributed by atoms with Gasteiger partial charge in [0.15, 0.2) is 0 Å². The predicted molar refractivity (Wildman–Crippen MR) is 66.3 cm³/mol. The molecule has 0 radical (unpaired) electrons. The number of nitrogens with one attached hydrogen (secondary N) is 1. The summed E-state index contributed by atoms with van der Waals surface area (Å²) >= 11 is 0. The molecule has 0 saturated heterocycles. The second-order valence-electron chi connectivity index (χ2n) is 4.10. The number of hydrogen-bond acceptors (Lipinski definition) is 3. The van der Waals surface area contributed by atoms with Crippen molar-refractivity contribution in [1.29, 1.82) is 0 Å². The van der Waals surface area contributed by atoms with E-state index in [0.29, 0.717) is 5.92 Å². The van der Waals surface area contributed by atoms with Crippen molar-refractivity contribution < 1.29 is 9.15 Å². The first-order chi connectivity index (χ1) is 7.74. The molecule has 0 aliphatic heterocycles. The number of methoxy groups -OCH3 is 1. The number of rotatable bonds is 7. The van der Waals surface area contributed by atoms with Gasteiger partial charge in [-0.15, -0.1) is 0 Å². The van der Waals surface area contributed by atoms with Gasteiger partial charge in [0.1, 0.15) is 0 Å². The Labute approximate surface area is 97.5 Å². The predicted octanol–water partition coefficient (Wildman–Crippen LogP) is 2.56. The van der Waals surface area contributed by atoms with E-state index in [9.17, 15) is 0 Å². The van der Waals surface area contributed by atoms with Crippen LogP contribution in [-0.4, -0.2) is 26.8 Å². The Hall–Kier alpha value is -1.06. The first-order valence-corrected chi connectivity index (χ1v) is 5.66.